The van der Waals surface area contributed by atoms with Crippen LogP contribution in [0.25, 0.3) is 10.9 Å². The number of aromatic amines is 1. The molecule has 1 amide bonds. The number of para-hydroxylation sites is 1. The van der Waals surface area contributed by atoms with E-state index in [9.17, 15) is 9.59 Å². The minimum Gasteiger partial charge on any atom is -0.383 e. The molecule has 1 aromatic carbocycles. The van der Waals surface area contributed by atoms with Crippen LogP contribution in [0.5, 0.6) is 0 Å². The summed E-state index contributed by atoms with van der Waals surface area (Å²) in [5.74, 6) is 0.478. The molecule has 0 saturated carbocycles. The number of rotatable bonds is 5. The molecule has 23 heavy (non-hydrogen) atoms. The van der Waals surface area contributed by atoms with Gasteiger partial charge in [0.1, 0.15) is 0 Å². The van der Waals surface area contributed by atoms with Crippen molar-refractivity contribution in [1.82, 2.24) is 9.88 Å². The van der Waals surface area contributed by atoms with E-state index >= 15 is 0 Å². The Morgan fingerprint density at radius 3 is 2.96 bits per heavy atom. The molecule has 1 N–H and O–H groups in total. The third kappa shape index (κ3) is 3.29. The van der Waals surface area contributed by atoms with Crippen LogP contribution in [0.4, 0.5) is 0 Å². The van der Waals surface area contributed by atoms with E-state index in [1.54, 1.807) is 13.2 Å². The minimum atomic E-state index is 0.0438. The van der Waals surface area contributed by atoms with Crippen LogP contribution < -0.4 is 5.43 Å². The number of benzene rings is 1. The molecule has 1 aliphatic rings. The average Bonchev–Trinajstić information content (AvgIpc) is 2.85. The van der Waals surface area contributed by atoms with Crippen molar-refractivity contribution in [3.63, 3.8) is 0 Å². The Hall–Kier alpha value is -2.14. The molecule has 2 aromatic rings. The van der Waals surface area contributed by atoms with E-state index in [1.165, 1.54) is 0 Å². The molecule has 3 rings (SSSR count). The lowest BCUT2D eigenvalue weighted by Crippen LogP contribution is -2.28. The number of fused-ring (bicyclic) bond motifs is 1. The molecule has 0 bridgehead atoms. The number of aromatic nitrogens is 1. The van der Waals surface area contributed by atoms with Gasteiger partial charge in [0.05, 0.1) is 12.1 Å². The van der Waals surface area contributed by atoms with Gasteiger partial charge < -0.3 is 14.6 Å². The number of hydrogen-bond acceptors (Lipinski definition) is 3. The third-order valence-electron chi connectivity index (χ3n) is 4.45. The van der Waals surface area contributed by atoms with Crippen LogP contribution in [0.3, 0.4) is 0 Å². The maximum Gasteiger partial charge on any atom is 0.223 e. The number of nitrogens with one attached hydrogen (secondary N) is 1. The summed E-state index contributed by atoms with van der Waals surface area (Å²) in [4.78, 5) is 29.4. The zero-order valence-electron chi connectivity index (χ0n) is 13.6. The van der Waals surface area contributed by atoms with Crippen LogP contribution in [0.1, 0.15) is 17.7 Å². The maximum absolute atomic E-state index is 12.1. The summed E-state index contributed by atoms with van der Waals surface area (Å²) < 4.78 is 5.06. The highest BCUT2D eigenvalue weighted by molar-refractivity contribution is 5.82. The van der Waals surface area contributed by atoms with Gasteiger partial charge in [-0.25, -0.2) is 0 Å². The minimum absolute atomic E-state index is 0.0438. The van der Waals surface area contributed by atoms with Crippen LogP contribution in [-0.2, 0) is 16.0 Å². The Morgan fingerprint density at radius 1 is 1.35 bits per heavy atom. The third-order valence-corrected chi connectivity index (χ3v) is 4.45. The molecule has 1 aromatic heterocycles. The molecular formula is C18H22N2O3. The van der Waals surface area contributed by atoms with E-state index in [2.05, 4.69) is 4.98 Å². The monoisotopic (exact) mass is 314 g/mol. The number of ether oxygens (including phenoxy) is 1. The second kappa shape index (κ2) is 6.54. The first-order valence-corrected chi connectivity index (χ1v) is 7.96. The van der Waals surface area contributed by atoms with E-state index in [1.807, 2.05) is 30.0 Å². The standard InChI is InChI=1S/C18H22N2O3/c1-12-8-16(21)15-5-3-4-14(18(15)19-12)9-13-10-17(22)20(11-13)6-7-23-2/h3-5,8,13H,6-7,9-11H2,1-2H3,(H,19,21). The van der Waals surface area contributed by atoms with Gasteiger partial charge in [-0.05, 0) is 30.9 Å². The molecule has 1 saturated heterocycles. The van der Waals surface area contributed by atoms with Crippen LogP contribution >= 0.6 is 0 Å². The molecule has 1 unspecified atom stereocenters. The molecule has 0 spiro atoms. The lowest BCUT2D eigenvalue weighted by atomic mass is 9.96. The topological polar surface area (TPSA) is 62.4 Å². The number of pyridine rings is 1. The second-order valence-corrected chi connectivity index (χ2v) is 6.26. The Kier molecular flexibility index (Phi) is 4.48. The van der Waals surface area contributed by atoms with E-state index in [0.29, 0.717) is 25.0 Å². The van der Waals surface area contributed by atoms with Crippen molar-refractivity contribution < 1.29 is 9.53 Å². The Morgan fingerprint density at radius 2 is 2.17 bits per heavy atom. The fourth-order valence-corrected chi connectivity index (χ4v) is 3.35. The highest BCUT2D eigenvalue weighted by atomic mass is 16.5. The number of aryl methyl sites for hydroxylation is 1. The van der Waals surface area contributed by atoms with Gasteiger partial charge in [-0.3, -0.25) is 9.59 Å². The van der Waals surface area contributed by atoms with Crippen molar-refractivity contribution in [2.45, 2.75) is 19.8 Å². The van der Waals surface area contributed by atoms with Gasteiger partial charge in [0, 0.05) is 43.8 Å². The van der Waals surface area contributed by atoms with E-state index in [0.717, 1.165) is 29.7 Å². The van der Waals surface area contributed by atoms with E-state index < -0.39 is 0 Å². The van der Waals surface area contributed by atoms with Crippen LogP contribution in [-0.4, -0.2) is 42.6 Å². The summed E-state index contributed by atoms with van der Waals surface area (Å²) in [5.41, 5.74) is 2.91. The zero-order valence-corrected chi connectivity index (χ0v) is 13.6. The van der Waals surface area contributed by atoms with E-state index in [-0.39, 0.29) is 17.3 Å². The highest BCUT2D eigenvalue weighted by Gasteiger charge is 2.29. The number of H-pyrrole nitrogens is 1. The van der Waals surface area contributed by atoms with Crippen molar-refractivity contribution in [3.05, 3.63) is 45.7 Å². The number of carbonyl (C=O) groups is 1. The van der Waals surface area contributed by atoms with Gasteiger partial charge in [-0.2, -0.15) is 0 Å². The Labute approximate surface area is 135 Å². The molecule has 1 atom stereocenters. The fraction of sp³-hybridized carbons (Fsp3) is 0.444. The van der Waals surface area contributed by atoms with Crippen LogP contribution in [0.2, 0.25) is 0 Å². The molecule has 5 heteroatoms. The predicted molar refractivity (Wildman–Crippen MR) is 89.6 cm³/mol. The van der Waals surface area contributed by atoms with Crippen molar-refractivity contribution in [2.75, 3.05) is 26.8 Å². The summed E-state index contributed by atoms with van der Waals surface area (Å²) in [6, 6.07) is 7.43. The van der Waals surface area contributed by atoms with Crippen molar-refractivity contribution in [3.8, 4) is 0 Å². The predicted octanol–water partition coefficient (Wildman–Crippen LogP) is 1.87. The number of hydrogen-bond donors (Lipinski definition) is 1. The smallest absolute Gasteiger partial charge is 0.223 e. The number of amides is 1. The lowest BCUT2D eigenvalue weighted by Gasteiger charge is -2.16. The Bertz CT molecular complexity index is 781. The van der Waals surface area contributed by atoms with Gasteiger partial charge >= 0.3 is 0 Å². The zero-order chi connectivity index (χ0) is 16.4. The highest BCUT2D eigenvalue weighted by Crippen LogP contribution is 2.24. The first-order chi connectivity index (χ1) is 11.1. The molecule has 1 aliphatic heterocycles. The molecule has 5 nitrogen and oxygen atoms in total. The largest absolute Gasteiger partial charge is 0.383 e. The summed E-state index contributed by atoms with van der Waals surface area (Å²) in [7, 11) is 1.65. The van der Waals surface area contributed by atoms with Gasteiger partial charge in [0.2, 0.25) is 5.91 Å². The van der Waals surface area contributed by atoms with Gasteiger partial charge in [-0.1, -0.05) is 12.1 Å². The van der Waals surface area contributed by atoms with Crippen LogP contribution in [0, 0.1) is 12.8 Å². The van der Waals surface area contributed by atoms with E-state index in [4.69, 9.17) is 4.74 Å². The van der Waals surface area contributed by atoms with Gasteiger partial charge in [0.25, 0.3) is 0 Å². The summed E-state index contributed by atoms with van der Waals surface area (Å²) in [5, 5.41) is 0.716. The van der Waals surface area contributed by atoms with Gasteiger partial charge in [0.15, 0.2) is 5.43 Å². The first-order valence-electron chi connectivity index (χ1n) is 7.96. The molecular weight excluding hydrogens is 292 g/mol. The van der Waals surface area contributed by atoms with Crippen molar-refractivity contribution in [1.29, 1.82) is 0 Å². The Balaban J connectivity index is 1.83. The summed E-state index contributed by atoms with van der Waals surface area (Å²) >= 11 is 0. The quantitative estimate of drug-likeness (QED) is 0.916. The summed E-state index contributed by atoms with van der Waals surface area (Å²) in [6.07, 6.45) is 1.36. The molecule has 2 heterocycles. The lowest BCUT2D eigenvalue weighted by molar-refractivity contribution is -0.128. The number of carbonyl (C=O) groups excluding carboxylic acids is 1. The second-order valence-electron chi connectivity index (χ2n) is 6.26. The average molecular weight is 314 g/mol. The molecule has 122 valence electrons. The molecule has 0 radical (unpaired) electrons. The van der Waals surface area contributed by atoms with Crippen LogP contribution in [0.15, 0.2) is 29.1 Å². The summed E-state index contributed by atoms with van der Waals surface area (Å²) in [6.45, 7) is 3.87. The number of likely N-dealkylation sites (tertiary alicyclic amines) is 1. The molecule has 1 fully saturated rings. The number of nitrogens with zero attached hydrogens (tertiary/aromatic N) is 1. The van der Waals surface area contributed by atoms with Crippen molar-refractivity contribution >= 4 is 16.8 Å². The van der Waals surface area contributed by atoms with Gasteiger partial charge in [-0.15, -0.1) is 0 Å². The SMILES string of the molecule is COCCN1CC(Cc2cccc3c(=O)cc(C)[nH]c23)CC1=O. The van der Waals surface area contributed by atoms with Crippen molar-refractivity contribution in [2.24, 2.45) is 5.92 Å². The number of methoxy groups -OCH3 is 1. The molecule has 0 aliphatic carbocycles. The first kappa shape index (κ1) is 15.7. The maximum atomic E-state index is 12.1. The normalized spacial score (nSPS) is 18.1. The fourth-order valence-electron chi connectivity index (χ4n) is 3.35.